The van der Waals surface area contributed by atoms with Gasteiger partial charge in [-0.05, 0) is 43.9 Å². The van der Waals surface area contributed by atoms with E-state index in [9.17, 15) is 9.90 Å². The van der Waals surface area contributed by atoms with Crippen LogP contribution in [0.15, 0.2) is 24.3 Å². The molecule has 1 heterocycles. The molecule has 0 spiro atoms. The van der Waals surface area contributed by atoms with Crippen molar-refractivity contribution in [1.29, 1.82) is 0 Å². The van der Waals surface area contributed by atoms with Gasteiger partial charge in [-0.25, -0.2) is 4.79 Å². The molecule has 1 saturated heterocycles. The molecule has 1 fully saturated rings. The molecule has 0 radical (unpaired) electrons. The first-order chi connectivity index (χ1) is 10.6. The Balaban J connectivity index is 1.64. The second kappa shape index (κ2) is 8.25. The Labute approximate surface area is 136 Å². The fourth-order valence-electron chi connectivity index (χ4n) is 2.58. The van der Waals surface area contributed by atoms with E-state index in [1.54, 1.807) is 17.0 Å². The number of nitrogens with one attached hydrogen (secondary N) is 1. The van der Waals surface area contributed by atoms with Gasteiger partial charge in [0.15, 0.2) is 0 Å². The number of ether oxygens (including phenoxy) is 1. The molecule has 5 nitrogen and oxygen atoms in total. The summed E-state index contributed by atoms with van der Waals surface area (Å²) in [5.74, 6) is 0.995. The number of rotatable bonds is 5. The maximum Gasteiger partial charge on any atom is 0.317 e. The third-order valence-electron chi connectivity index (χ3n) is 3.95. The Bertz CT molecular complexity index is 488. The Morgan fingerprint density at radius 3 is 2.86 bits per heavy atom. The smallest absolute Gasteiger partial charge is 0.317 e. The molecule has 122 valence electrons. The van der Waals surface area contributed by atoms with Gasteiger partial charge in [-0.3, -0.25) is 0 Å². The van der Waals surface area contributed by atoms with E-state index >= 15 is 0 Å². The van der Waals surface area contributed by atoms with Gasteiger partial charge in [-0.2, -0.15) is 0 Å². The molecule has 0 aromatic heterocycles. The maximum atomic E-state index is 12.0. The molecule has 6 heteroatoms. The monoisotopic (exact) mass is 326 g/mol. The molecule has 1 aliphatic heterocycles. The minimum atomic E-state index is -0.295. The predicted octanol–water partition coefficient (Wildman–Crippen LogP) is 2.52. The van der Waals surface area contributed by atoms with Crippen LogP contribution in [0.3, 0.4) is 0 Å². The molecule has 1 aromatic rings. The van der Waals surface area contributed by atoms with Gasteiger partial charge in [0, 0.05) is 18.1 Å². The van der Waals surface area contributed by atoms with Crippen molar-refractivity contribution in [3.05, 3.63) is 29.3 Å². The zero-order valence-corrected chi connectivity index (χ0v) is 13.6. The van der Waals surface area contributed by atoms with Crippen molar-refractivity contribution in [2.75, 3.05) is 26.2 Å². The average molecular weight is 327 g/mol. The van der Waals surface area contributed by atoms with E-state index in [0.717, 1.165) is 12.8 Å². The Kier molecular flexibility index (Phi) is 6.34. The predicted molar refractivity (Wildman–Crippen MR) is 86.3 cm³/mol. The summed E-state index contributed by atoms with van der Waals surface area (Å²) in [6.45, 7) is 4.04. The molecule has 2 N–H and O–H groups in total. The first kappa shape index (κ1) is 16.9. The fourth-order valence-corrected chi connectivity index (χ4v) is 2.76. The number of piperidine rings is 1. The highest BCUT2D eigenvalue weighted by Crippen LogP contribution is 2.20. The molecular formula is C16H23ClN2O3. The van der Waals surface area contributed by atoms with E-state index in [1.165, 1.54) is 0 Å². The van der Waals surface area contributed by atoms with E-state index < -0.39 is 0 Å². The number of nitrogens with zero attached hydrogens (tertiary/aromatic N) is 1. The van der Waals surface area contributed by atoms with Crippen LogP contribution in [0.25, 0.3) is 0 Å². The van der Waals surface area contributed by atoms with E-state index in [-0.39, 0.29) is 12.1 Å². The van der Waals surface area contributed by atoms with Crippen molar-refractivity contribution in [3.8, 4) is 5.75 Å². The van der Waals surface area contributed by atoms with Gasteiger partial charge >= 0.3 is 6.03 Å². The summed E-state index contributed by atoms with van der Waals surface area (Å²) < 4.78 is 5.52. The average Bonchev–Trinajstić information content (AvgIpc) is 2.51. The number of urea groups is 1. The van der Waals surface area contributed by atoms with E-state index in [0.29, 0.717) is 42.9 Å². The molecule has 1 unspecified atom stereocenters. The lowest BCUT2D eigenvalue weighted by molar-refractivity contribution is 0.0797. The molecule has 2 amide bonds. The van der Waals surface area contributed by atoms with E-state index in [4.69, 9.17) is 16.3 Å². The van der Waals surface area contributed by atoms with Crippen LogP contribution in [0, 0.1) is 5.92 Å². The first-order valence-electron chi connectivity index (χ1n) is 7.65. The van der Waals surface area contributed by atoms with Crippen LogP contribution < -0.4 is 10.1 Å². The van der Waals surface area contributed by atoms with Crippen molar-refractivity contribution in [3.63, 3.8) is 0 Å². The van der Waals surface area contributed by atoms with Crippen LogP contribution in [-0.4, -0.2) is 48.4 Å². The topological polar surface area (TPSA) is 61.8 Å². The number of carbonyl (C=O) groups is 1. The number of likely N-dealkylation sites (tertiary alicyclic amines) is 1. The molecule has 22 heavy (non-hydrogen) atoms. The number of aliphatic hydroxyl groups is 1. The molecular weight excluding hydrogens is 304 g/mol. The lowest BCUT2D eigenvalue weighted by atomic mass is 9.92. The minimum Gasteiger partial charge on any atom is -0.492 e. The number of amides is 2. The Morgan fingerprint density at radius 1 is 1.50 bits per heavy atom. The summed E-state index contributed by atoms with van der Waals surface area (Å²) in [7, 11) is 0. The number of hydrogen-bond donors (Lipinski definition) is 2. The van der Waals surface area contributed by atoms with Gasteiger partial charge in [-0.1, -0.05) is 17.7 Å². The number of halogens is 1. The molecule has 0 saturated carbocycles. The molecule has 2 rings (SSSR count). The van der Waals surface area contributed by atoms with Gasteiger partial charge in [0.1, 0.15) is 12.4 Å². The Morgan fingerprint density at radius 2 is 2.23 bits per heavy atom. The van der Waals surface area contributed by atoms with Gasteiger partial charge in [-0.15, -0.1) is 0 Å². The summed E-state index contributed by atoms with van der Waals surface area (Å²) in [6.07, 6.45) is 1.41. The van der Waals surface area contributed by atoms with Crippen molar-refractivity contribution in [2.45, 2.75) is 25.9 Å². The summed E-state index contributed by atoms with van der Waals surface area (Å²) in [4.78, 5) is 13.8. The first-order valence-corrected chi connectivity index (χ1v) is 8.03. The zero-order valence-electron chi connectivity index (χ0n) is 12.8. The van der Waals surface area contributed by atoms with Gasteiger partial charge in [0.05, 0.1) is 12.6 Å². The van der Waals surface area contributed by atoms with Crippen LogP contribution in [0.5, 0.6) is 5.75 Å². The van der Waals surface area contributed by atoms with E-state index in [2.05, 4.69) is 5.32 Å². The van der Waals surface area contributed by atoms with Crippen LogP contribution in [0.4, 0.5) is 4.79 Å². The molecule has 0 aliphatic carbocycles. The second-order valence-corrected chi connectivity index (χ2v) is 6.04. The van der Waals surface area contributed by atoms with Crippen molar-refractivity contribution >= 4 is 17.6 Å². The van der Waals surface area contributed by atoms with Crippen LogP contribution in [0.2, 0.25) is 5.02 Å². The Hall–Kier alpha value is -1.46. The number of aliphatic hydroxyl groups excluding tert-OH is 1. The third kappa shape index (κ3) is 5.07. The van der Waals surface area contributed by atoms with Gasteiger partial charge in [0.25, 0.3) is 0 Å². The zero-order chi connectivity index (χ0) is 15.9. The summed E-state index contributed by atoms with van der Waals surface area (Å²) in [6, 6.07) is 7.10. The molecule has 0 bridgehead atoms. The molecule has 1 atom stereocenters. The minimum absolute atomic E-state index is 0.0706. The van der Waals surface area contributed by atoms with Crippen molar-refractivity contribution in [1.82, 2.24) is 10.2 Å². The van der Waals surface area contributed by atoms with E-state index in [1.807, 2.05) is 19.1 Å². The normalized spacial score (nSPS) is 17.1. The SMILES string of the molecule is CC(O)C1CCN(C(=O)NCCOc2cccc(Cl)c2)CC1. The lowest BCUT2D eigenvalue weighted by Gasteiger charge is -2.33. The third-order valence-corrected chi connectivity index (χ3v) is 4.19. The highest BCUT2D eigenvalue weighted by molar-refractivity contribution is 6.30. The summed E-state index contributed by atoms with van der Waals surface area (Å²) in [5.41, 5.74) is 0. The molecule has 1 aromatic carbocycles. The fraction of sp³-hybridized carbons (Fsp3) is 0.562. The number of benzene rings is 1. The quantitative estimate of drug-likeness (QED) is 0.817. The van der Waals surface area contributed by atoms with Crippen molar-refractivity contribution in [2.24, 2.45) is 5.92 Å². The summed E-state index contributed by atoms with van der Waals surface area (Å²) >= 11 is 5.87. The highest BCUT2D eigenvalue weighted by Gasteiger charge is 2.25. The maximum absolute atomic E-state index is 12.0. The van der Waals surface area contributed by atoms with Crippen molar-refractivity contribution < 1.29 is 14.6 Å². The highest BCUT2D eigenvalue weighted by atomic mass is 35.5. The van der Waals surface area contributed by atoms with Crippen LogP contribution in [0.1, 0.15) is 19.8 Å². The standard InChI is InChI=1S/C16H23ClN2O3/c1-12(20)13-5-8-19(9-6-13)16(21)18-7-10-22-15-4-2-3-14(17)11-15/h2-4,11-13,20H,5-10H2,1H3,(H,18,21). The van der Waals surface area contributed by atoms with Gasteiger partial charge in [0.2, 0.25) is 0 Å². The number of hydrogen-bond acceptors (Lipinski definition) is 3. The molecule has 1 aliphatic rings. The van der Waals surface area contributed by atoms with Gasteiger partial charge < -0.3 is 20.1 Å². The lowest BCUT2D eigenvalue weighted by Crippen LogP contribution is -2.46. The van der Waals surface area contributed by atoms with Crippen LogP contribution >= 0.6 is 11.6 Å². The summed E-state index contributed by atoms with van der Waals surface area (Å²) in [5, 5.41) is 13.0. The second-order valence-electron chi connectivity index (χ2n) is 5.60. The number of carbonyl (C=O) groups excluding carboxylic acids is 1. The largest absolute Gasteiger partial charge is 0.492 e. The van der Waals surface area contributed by atoms with Crippen LogP contribution in [-0.2, 0) is 0 Å².